The van der Waals surface area contributed by atoms with Crippen molar-refractivity contribution >= 4 is 22.5 Å². The Bertz CT molecular complexity index is 567. The summed E-state index contributed by atoms with van der Waals surface area (Å²) in [7, 11) is 0. The van der Waals surface area contributed by atoms with Gasteiger partial charge in [-0.3, -0.25) is 4.98 Å². The Kier molecular flexibility index (Phi) is 3.23. The van der Waals surface area contributed by atoms with Crippen LogP contribution in [0, 0.1) is 5.92 Å². The summed E-state index contributed by atoms with van der Waals surface area (Å²) in [4.78, 5) is 4.55. The molecule has 2 nitrogen and oxygen atoms in total. The summed E-state index contributed by atoms with van der Waals surface area (Å²) in [5.41, 5.74) is 2.42. The molecule has 3 heteroatoms. The monoisotopic (exact) mass is 260 g/mol. The fourth-order valence-electron chi connectivity index (χ4n) is 2.94. The van der Waals surface area contributed by atoms with Gasteiger partial charge in [-0.05, 0) is 55.1 Å². The molecule has 0 spiro atoms. The van der Waals surface area contributed by atoms with Crippen LogP contribution in [0.25, 0.3) is 10.9 Å². The second-order valence-corrected chi connectivity index (χ2v) is 5.52. The van der Waals surface area contributed by atoms with Crippen LogP contribution in [-0.2, 0) is 0 Å². The molecule has 2 unspecified atom stereocenters. The zero-order valence-corrected chi connectivity index (χ0v) is 11.2. The van der Waals surface area contributed by atoms with Crippen molar-refractivity contribution in [3.8, 4) is 0 Å². The topological polar surface area (TPSA) is 24.9 Å². The van der Waals surface area contributed by atoms with Crippen molar-refractivity contribution in [3.05, 3.63) is 41.0 Å². The van der Waals surface area contributed by atoms with Crippen molar-refractivity contribution in [1.29, 1.82) is 0 Å². The third kappa shape index (κ3) is 2.00. The maximum atomic E-state index is 6.25. The van der Waals surface area contributed by atoms with Gasteiger partial charge in [-0.25, -0.2) is 0 Å². The maximum Gasteiger partial charge on any atom is 0.0751 e. The van der Waals surface area contributed by atoms with E-state index in [-0.39, 0.29) is 0 Å². The zero-order valence-electron chi connectivity index (χ0n) is 10.5. The molecule has 1 N–H and O–H groups in total. The van der Waals surface area contributed by atoms with Crippen molar-refractivity contribution in [1.82, 2.24) is 10.3 Å². The van der Waals surface area contributed by atoms with Gasteiger partial charge in [-0.2, -0.15) is 0 Å². The van der Waals surface area contributed by atoms with E-state index in [0.29, 0.717) is 11.8 Å². The van der Waals surface area contributed by atoms with Crippen molar-refractivity contribution in [2.24, 2.45) is 5.92 Å². The standard InChI is InChI=1S/C15H17ClN2/c1-10-9-17-8-6-11(10)12-4-5-14(16)13-3-2-7-18-15(12)13/h2-5,7,10-11,17H,6,8-9H2,1H3. The number of nitrogens with zero attached hydrogens (tertiary/aromatic N) is 1. The lowest BCUT2D eigenvalue weighted by Gasteiger charge is -2.30. The number of halogens is 1. The van der Waals surface area contributed by atoms with Crippen molar-refractivity contribution in [2.45, 2.75) is 19.3 Å². The predicted octanol–water partition coefficient (Wildman–Crippen LogP) is 3.60. The molecule has 0 amide bonds. The number of benzene rings is 1. The number of hydrogen-bond acceptors (Lipinski definition) is 2. The van der Waals surface area contributed by atoms with Gasteiger partial charge in [0.25, 0.3) is 0 Å². The van der Waals surface area contributed by atoms with E-state index in [0.717, 1.165) is 29.0 Å². The summed E-state index contributed by atoms with van der Waals surface area (Å²) in [5.74, 6) is 1.23. The molecule has 0 bridgehead atoms. The second kappa shape index (κ2) is 4.87. The molecule has 94 valence electrons. The van der Waals surface area contributed by atoms with Gasteiger partial charge in [-0.1, -0.05) is 24.6 Å². The number of pyridine rings is 1. The van der Waals surface area contributed by atoms with Crippen LogP contribution in [0.2, 0.25) is 5.02 Å². The lowest BCUT2D eigenvalue weighted by molar-refractivity contribution is 0.351. The Labute approximate surface area is 112 Å². The van der Waals surface area contributed by atoms with Gasteiger partial charge < -0.3 is 5.32 Å². The van der Waals surface area contributed by atoms with E-state index in [1.165, 1.54) is 12.0 Å². The van der Waals surface area contributed by atoms with E-state index in [4.69, 9.17) is 11.6 Å². The van der Waals surface area contributed by atoms with Crippen LogP contribution in [-0.4, -0.2) is 18.1 Å². The summed E-state index contributed by atoms with van der Waals surface area (Å²) in [6, 6.07) is 8.17. The van der Waals surface area contributed by atoms with E-state index in [1.54, 1.807) is 0 Å². The highest BCUT2D eigenvalue weighted by Crippen LogP contribution is 2.35. The number of fused-ring (bicyclic) bond motifs is 1. The summed E-state index contributed by atoms with van der Waals surface area (Å²) in [5, 5.41) is 5.31. The number of nitrogens with one attached hydrogen (secondary N) is 1. The van der Waals surface area contributed by atoms with Gasteiger partial charge in [0.15, 0.2) is 0 Å². The first-order valence-corrected chi connectivity index (χ1v) is 6.89. The molecule has 1 aromatic heterocycles. The Hall–Kier alpha value is -1.12. The first-order valence-electron chi connectivity index (χ1n) is 6.51. The highest BCUT2D eigenvalue weighted by Gasteiger charge is 2.24. The average Bonchev–Trinajstić information content (AvgIpc) is 2.41. The fraction of sp³-hybridized carbons (Fsp3) is 0.400. The smallest absolute Gasteiger partial charge is 0.0751 e. The van der Waals surface area contributed by atoms with Crippen LogP contribution in [0.3, 0.4) is 0 Å². The summed E-state index contributed by atoms with van der Waals surface area (Å²) in [6.07, 6.45) is 3.03. The maximum absolute atomic E-state index is 6.25. The van der Waals surface area contributed by atoms with E-state index in [1.807, 2.05) is 18.3 Å². The molecule has 0 radical (unpaired) electrons. The van der Waals surface area contributed by atoms with Crippen LogP contribution in [0.5, 0.6) is 0 Å². The average molecular weight is 261 g/mol. The minimum absolute atomic E-state index is 0.584. The van der Waals surface area contributed by atoms with Crippen LogP contribution >= 0.6 is 11.6 Å². The molecule has 1 aliphatic heterocycles. The molecule has 2 atom stereocenters. The number of rotatable bonds is 1. The first kappa shape index (κ1) is 11.9. The Morgan fingerprint density at radius 2 is 2.22 bits per heavy atom. The van der Waals surface area contributed by atoms with Gasteiger partial charge in [0, 0.05) is 16.6 Å². The Balaban J connectivity index is 2.14. The summed E-state index contributed by atoms with van der Waals surface area (Å²) < 4.78 is 0. The quantitative estimate of drug-likeness (QED) is 0.847. The number of aromatic nitrogens is 1. The molecule has 2 aromatic rings. The van der Waals surface area contributed by atoms with E-state index in [2.05, 4.69) is 29.4 Å². The minimum Gasteiger partial charge on any atom is -0.316 e. The van der Waals surface area contributed by atoms with E-state index < -0.39 is 0 Å². The number of piperidine rings is 1. The van der Waals surface area contributed by atoms with Crippen LogP contribution < -0.4 is 5.32 Å². The van der Waals surface area contributed by atoms with Gasteiger partial charge >= 0.3 is 0 Å². The van der Waals surface area contributed by atoms with Gasteiger partial charge in [-0.15, -0.1) is 0 Å². The van der Waals surface area contributed by atoms with Gasteiger partial charge in [0.2, 0.25) is 0 Å². The number of hydrogen-bond donors (Lipinski definition) is 1. The molecule has 1 aliphatic rings. The summed E-state index contributed by atoms with van der Waals surface area (Å²) >= 11 is 6.25. The second-order valence-electron chi connectivity index (χ2n) is 5.11. The highest BCUT2D eigenvalue weighted by atomic mass is 35.5. The van der Waals surface area contributed by atoms with E-state index >= 15 is 0 Å². The Morgan fingerprint density at radius 1 is 1.33 bits per heavy atom. The molecule has 0 aliphatic carbocycles. The molecule has 1 fully saturated rings. The molecule has 3 rings (SSSR count). The molecule has 2 heterocycles. The van der Waals surface area contributed by atoms with Crippen molar-refractivity contribution < 1.29 is 0 Å². The zero-order chi connectivity index (χ0) is 12.5. The predicted molar refractivity (Wildman–Crippen MR) is 76.1 cm³/mol. The van der Waals surface area contributed by atoms with Gasteiger partial charge in [0.05, 0.1) is 5.52 Å². The molecule has 1 saturated heterocycles. The Morgan fingerprint density at radius 3 is 3.06 bits per heavy atom. The minimum atomic E-state index is 0.584. The van der Waals surface area contributed by atoms with Crippen LogP contribution in [0.4, 0.5) is 0 Å². The first-order chi connectivity index (χ1) is 8.77. The molecule has 1 aromatic carbocycles. The van der Waals surface area contributed by atoms with Gasteiger partial charge in [0.1, 0.15) is 0 Å². The largest absolute Gasteiger partial charge is 0.316 e. The lowest BCUT2D eigenvalue weighted by Crippen LogP contribution is -2.33. The van der Waals surface area contributed by atoms with Crippen molar-refractivity contribution in [3.63, 3.8) is 0 Å². The normalized spacial score (nSPS) is 24.3. The SMILES string of the molecule is CC1CNCCC1c1ccc(Cl)c2cccnc12. The van der Waals surface area contributed by atoms with Crippen LogP contribution in [0.15, 0.2) is 30.5 Å². The van der Waals surface area contributed by atoms with Crippen LogP contribution in [0.1, 0.15) is 24.8 Å². The fourth-order valence-corrected chi connectivity index (χ4v) is 3.15. The summed E-state index contributed by atoms with van der Waals surface area (Å²) in [6.45, 7) is 4.48. The highest BCUT2D eigenvalue weighted by molar-refractivity contribution is 6.35. The van der Waals surface area contributed by atoms with Crippen molar-refractivity contribution in [2.75, 3.05) is 13.1 Å². The lowest BCUT2D eigenvalue weighted by atomic mass is 9.81. The third-order valence-electron chi connectivity index (χ3n) is 3.93. The molecular weight excluding hydrogens is 244 g/mol. The molecule has 0 saturated carbocycles. The van der Waals surface area contributed by atoms with E-state index in [9.17, 15) is 0 Å². The molecular formula is C15H17ClN2. The third-order valence-corrected chi connectivity index (χ3v) is 4.26. The molecule has 18 heavy (non-hydrogen) atoms.